The number of fused-ring (bicyclic) bond motifs is 1. The lowest BCUT2D eigenvalue weighted by Gasteiger charge is -2.12. The molecule has 1 amide bonds. The second-order valence-electron chi connectivity index (χ2n) is 4.55. The van der Waals surface area contributed by atoms with Gasteiger partial charge in [0.15, 0.2) is 11.5 Å². The number of rotatable bonds is 3. The zero-order chi connectivity index (χ0) is 14.8. The lowest BCUT2D eigenvalue weighted by atomic mass is 10.2. The van der Waals surface area contributed by atoms with Crippen LogP contribution in [0.15, 0.2) is 47.3 Å². The van der Waals surface area contributed by atoms with Gasteiger partial charge in [-0.05, 0) is 47.1 Å². The van der Waals surface area contributed by atoms with E-state index in [0.717, 1.165) is 5.65 Å². The van der Waals surface area contributed by atoms with Crippen LogP contribution in [0.3, 0.4) is 0 Å². The summed E-state index contributed by atoms with van der Waals surface area (Å²) in [6.45, 7) is 1.87. The van der Waals surface area contributed by atoms with Crippen molar-refractivity contribution in [2.24, 2.45) is 0 Å². The van der Waals surface area contributed by atoms with E-state index in [1.54, 1.807) is 12.1 Å². The van der Waals surface area contributed by atoms with E-state index in [1.807, 2.05) is 35.7 Å². The largest absolute Gasteiger partial charge is 0.342 e. The highest BCUT2D eigenvalue weighted by molar-refractivity contribution is 9.10. The van der Waals surface area contributed by atoms with Crippen molar-refractivity contribution in [2.75, 3.05) is 0 Å². The van der Waals surface area contributed by atoms with E-state index in [0.29, 0.717) is 16.0 Å². The second kappa shape index (κ2) is 5.61. The molecule has 0 bridgehead atoms. The van der Waals surface area contributed by atoms with E-state index < -0.39 is 0 Å². The fourth-order valence-corrected chi connectivity index (χ4v) is 2.24. The maximum absolute atomic E-state index is 12.2. The number of nitrogens with one attached hydrogen (secondary N) is 1. The van der Waals surface area contributed by atoms with Crippen LogP contribution in [-0.4, -0.2) is 25.5 Å². The monoisotopic (exact) mass is 345 g/mol. The topological polar surface area (TPSA) is 72.2 Å². The smallest absolute Gasteiger partial charge is 0.253 e. The minimum absolute atomic E-state index is 0.199. The number of amides is 1. The van der Waals surface area contributed by atoms with Crippen LogP contribution in [0.4, 0.5) is 0 Å². The number of halogens is 1. The Labute approximate surface area is 129 Å². The molecule has 0 radical (unpaired) electrons. The van der Waals surface area contributed by atoms with Gasteiger partial charge in [-0.1, -0.05) is 6.07 Å². The van der Waals surface area contributed by atoms with Crippen LogP contribution in [0.1, 0.15) is 29.1 Å². The summed E-state index contributed by atoms with van der Waals surface area (Å²) in [7, 11) is 0. The molecule has 0 aliphatic heterocycles. The quantitative estimate of drug-likeness (QED) is 0.739. The zero-order valence-corrected chi connectivity index (χ0v) is 12.8. The maximum Gasteiger partial charge on any atom is 0.253 e. The SMILES string of the molecule is CC(NC(=O)c1ccc(Br)nc1)c1nnc2ccccn12. The molecule has 0 spiro atoms. The molecule has 6 nitrogen and oxygen atoms in total. The summed E-state index contributed by atoms with van der Waals surface area (Å²) in [5.41, 5.74) is 1.25. The van der Waals surface area contributed by atoms with Gasteiger partial charge in [0.05, 0.1) is 11.6 Å². The molecule has 7 heteroatoms. The van der Waals surface area contributed by atoms with E-state index in [-0.39, 0.29) is 11.9 Å². The van der Waals surface area contributed by atoms with Gasteiger partial charge >= 0.3 is 0 Å². The lowest BCUT2D eigenvalue weighted by Crippen LogP contribution is -2.28. The first-order chi connectivity index (χ1) is 10.1. The third-order valence-corrected chi connectivity index (χ3v) is 3.53. The van der Waals surface area contributed by atoms with Crippen molar-refractivity contribution in [1.29, 1.82) is 0 Å². The van der Waals surface area contributed by atoms with Crippen LogP contribution in [0.5, 0.6) is 0 Å². The molecule has 0 fully saturated rings. The molecule has 1 atom stereocenters. The summed E-state index contributed by atoms with van der Waals surface area (Å²) < 4.78 is 2.54. The Bertz CT molecular complexity index is 783. The average molecular weight is 346 g/mol. The summed E-state index contributed by atoms with van der Waals surface area (Å²) in [5.74, 6) is 0.485. The van der Waals surface area contributed by atoms with Crippen molar-refractivity contribution in [3.8, 4) is 0 Å². The van der Waals surface area contributed by atoms with E-state index in [2.05, 4.69) is 36.4 Å². The summed E-state index contributed by atoms with van der Waals surface area (Å²) in [5, 5.41) is 11.1. The number of hydrogen-bond acceptors (Lipinski definition) is 4. The van der Waals surface area contributed by atoms with Gasteiger partial charge in [-0.15, -0.1) is 10.2 Å². The molecular formula is C14H12BrN5O. The van der Waals surface area contributed by atoms with Gasteiger partial charge in [0.25, 0.3) is 5.91 Å². The molecule has 0 aromatic carbocycles. The van der Waals surface area contributed by atoms with Gasteiger partial charge in [-0.2, -0.15) is 0 Å². The van der Waals surface area contributed by atoms with Gasteiger partial charge in [0.2, 0.25) is 0 Å². The number of hydrogen-bond donors (Lipinski definition) is 1. The molecule has 1 N–H and O–H groups in total. The first kappa shape index (κ1) is 13.7. The van der Waals surface area contributed by atoms with E-state index in [9.17, 15) is 4.79 Å². The van der Waals surface area contributed by atoms with Crippen LogP contribution >= 0.6 is 15.9 Å². The van der Waals surface area contributed by atoms with Gasteiger partial charge in [-0.25, -0.2) is 4.98 Å². The number of pyridine rings is 2. The maximum atomic E-state index is 12.2. The Morgan fingerprint density at radius 3 is 2.90 bits per heavy atom. The average Bonchev–Trinajstić information content (AvgIpc) is 2.92. The third-order valence-electron chi connectivity index (χ3n) is 3.06. The second-order valence-corrected chi connectivity index (χ2v) is 5.36. The minimum atomic E-state index is -0.265. The zero-order valence-electron chi connectivity index (χ0n) is 11.2. The van der Waals surface area contributed by atoms with Crippen molar-refractivity contribution < 1.29 is 4.79 Å². The summed E-state index contributed by atoms with van der Waals surface area (Å²) in [6.07, 6.45) is 3.39. The number of aromatic nitrogens is 4. The van der Waals surface area contributed by atoms with Crippen molar-refractivity contribution >= 4 is 27.5 Å². The Balaban J connectivity index is 1.81. The molecule has 21 heavy (non-hydrogen) atoms. The predicted octanol–water partition coefficient (Wildman–Crippen LogP) is 2.38. The number of nitrogens with zero attached hydrogens (tertiary/aromatic N) is 4. The van der Waals surface area contributed by atoms with Crippen LogP contribution < -0.4 is 5.32 Å². The van der Waals surface area contributed by atoms with Crippen LogP contribution in [-0.2, 0) is 0 Å². The fourth-order valence-electron chi connectivity index (χ4n) is 2.01. The Morgan fingerprint density at radius 2 is 2.14 bits per heavy atom. The lowest BCUT2D eigenvalue weighted by molar-refractivity contribution is 0.0937. The molecular weight excluding hydrogens is 334 g/mol. The van der Waals surface area contributed by atoms with Gasteiger partial charge < -0.3 is 5.32 Å². The minimum Gasteiger partial charge on any atom is -0.342 e. The Morgan fingerprint density at radius 1 is 1.29 bits per heavy atom. The molecule has 3 aromatic heterocycles. The van der Waals surface area contributed by atoms with E-state index in [4.69, 9.17) is 0 Å². The molecule has 3 heterocycles. The van der Waals surface area contributed by atoms with Gasteiger partial charge in [0.1, 0.15) is 4.60 Å². The van der Waals surface area contributed by atoms with Crippen molar-refractivity contribution in [1.82, 2.24) is 24.9 Å². The van der Waals surface area contributed by atoms with Crippen LogP contribution in [0.25, 0.3) is 5.65 Å². The molecule has 1 unspecified atom stereocenters. The van der Waals surface area contributed by atoms with Crippen molar-refractivity contribution in [2.45, 2.75) is 13.0 Å². The molecule has 0 aliphatic carbocycles. The summed E-state index contributed by atoms with van der Waals surface area (Å²) >= 11 is 3.24. The first-order valence-corrected chi connectivity index (χ1v) is 7.16. The molecule has 3 rings (SSSR count). The normalized spacial score (nSPS) is 12.3. The number of carbonyl (C=O) groups is 1. The Kier molecular flexibility index (Phi) is 3.66. The molecule has 0 saturated heterocycles. The van der Waals surface area contributed by atoms with Gasteiger partial charge in [-0.3, -0.25) is 9.20 Å². The highest BCUT2D eigenvalue weighted by atomic mass is 79.9. The molecule has 0 aliphatic rings. The van der Waals surface area contributed by atoms with Crippen LogP contribution in [0, 0.1) is 0 Å². The first-order valence-electron chi connectivity index (χ1n) is 6.37. The number of carbonyl (C=O) groups excluding carboxylic acids is 1. The highest BCUT2D eigenvalue weighted by Gasteiger charge is 2.16. The Hall–Kier alpha value is -2.28. The predicted molar refractivity (Wildman–Crippen MR) is 80.8 cm³/mol. The standard InChI is InChI=1S/C14H12BrN5O/c1-9(13-19-18-12-4-2-3-7-20(12)13)17-14(21)10-5-6-11(15)16-8-10/h2-9H,1H3,(H,17,21). The third kappa shape index (κ3) is 2.78. The molecule has 106 valence electrons. The van der Waals surface area contributed by atoms with E-state index >= 15 is 0 Å². The fraction of sp³-hybridized carbons (Fsp3) is 0.143. The van der Waals surface area contributed by atoms with Crippen molar-refractivity contribution in [3.63, 3.8) is 0 Å². The summed E-state index contributed by atoms with van der Waals surface area (Å²) in [4.78, 5) is 16.2. The summed E-state index contributed by atoms with van der Waals surface area (Å²) in [6, 6.07) is 8.83. The highest BCUT2D eigenvalue weighted by Crippen LogP contribution is 2.13. The molecule has 3 aromatic rings. The van der Waals surface area contributed by atoms with E-state index in [1.165, 1.54) is 6.20 Å². The molecule has 0 saturated carbocycles. The van der Waals surface area contributed by atoms with Crippen LogP contribution in [0.2, 0.25) is 0 Å². The van der Waals surface area contributed by atoms with Crippen molar-refractivity contribution in [3.05, 3.63) is 58.7 Å². The van der Waals surface area contributed by atoms with Gasteiger partial charge in [0, 0.05) is 12.4 Å².